The number of thiazole rings is 1. The standard InChI is InChI=1S/C18H15BrN4O3S/c1-10-9-27-17-20-11(7-14(24)23(10)17)8-22-15(25)18(2,21-16(22)26)12-5-3-4-6-13(12)19/h3-7,9H,8H2,1-2H3,(H,21,26). The van der Waals surface area contributed by atoms with Crippen molar-refractivity contribution in [2.45, 2.75) is 25.9 Å². The molecule has 3 aromatic rings. The molecular formula is C18H15BrN4O3S. The predicted molar refractivity (Wildman–Crippen MR) is 105 cm³/mol. The van der Waals surface area contributed by atoms with Crippen LogP contribution in [-0.4, -0.2) is 26.2 Å². The van der Waals surface area contributed by atoms with Crippen LogP contribution in [0.15, 0.2) is 45.0 Å². The fraction of sp³-hybridized carbons (Fsp3) is 0.222. The second kappa shape index (κ2) is 6.28. The highest BCUT2D eigenvalue weighted by molar-refractivity contribution is 9.10. The van der Waals surface area contributed by atoms with Gasteiger partial charge < -0.3 is 5.32 Å². The molecular weight excluding hydrogens is 432 g/mol. The number of carbonyl (C=O) groups excluding carboxylic acids is 2. The van der Waals surface area contributed by atoms with Gasteiger partial charge in [-0.25, -0.2) is 9.78 Å². The van der Waals surface area contributed by atoms with Crippen LogP contribution in [0.5, 0.6) is 0 Å². The van der Waals surface area contributed by atoms with Crippen LogP contribution in [-0.2, 0) is 16.9 Å². The first-order valence-corrected chi connectivity index (χ1v) is 9.84. The van der Waals surface area contributed by atoms with E-state index in [0.717, 1.165) is 15.1 Å². The van der Waals surface area contributed by atoms with Crippen molar-refractivity contribution in [3.05, 3.63) is 67.5 Å². The molecule has 9 heteroatoms. The molecule has 4 rings (SSSR count). The third kappa shape index (κ3) is 2.78. The summed E-state index contributed by atoms with van der Waals surface area (Å²) in [5, 5.41) is 4.60. The van der Waals surface area contributed by atoms with Gasteiger partial charge in [-0.3, -0.25) is 18.9 Å². The average molecular weight is 447 g/mol. The minimum Gasteiger partial charge on any atom is -0.319 e. The third-order valence-electron chi connectivity index (χ3n) is 4.64. The maximum absolute atomic E-state index is 13.1. The van der Waals surface area contributed by atoms with Crippen molar-refractivity contribution in [3.63, 3.8) is 0 Å². The summed E-state index contributed by atoms with van der Waals surface area (Å²) in [5.74, 6) is -0.385. The Bertz CT molecular complexity index is 1150. The molecule has 0 aliphatic carbocycles. The first kappa shape index (κ1) is 17.9. The monoisotopic (exact) mass is 446 g/mol. The van der Waals surface area contributed by atoms with Crippen LogP contribution in [0.2, 0.25) is 0 Å². The molecule has 3 heterocycles. The first-order chi connectivity index (χ1) is 12.8. The molecule has 1 N–H and O–H groups in total. The number of amides is 3. The lowest BCUT2D eigenvalue weighted by molar-refractivity contribution is -0.131. The number of halogens is 1. The van der Waals surface area contributed by atoms with E-state index in [1.165, 1.54) is 21.8 Å². The molecule has 3 amide bonds. The number of nitrogens with zero attached hydrogens (tertiary/aromatic N) is 3. The highest BCUT2D eigenvalue weighted by Crippen LogP contribution is 2.34. The number of urea groups is 1. The average Bonchev–Trinajstić information content (AvgIpc) is 3.09. The molecule has 138 valence electrons. The maximum atomic E-state index is 13.1. The van der Waals surface area contributed by atoms with E-state index in [2.05, 4.69) is 26.2 Å². The van der Waals surface area contributed by atoms with Crippen molar-refractivity contribution in [2.24, 2.45) is 0 Å². The fourth-order valence-electron chi connectivity index (χ4n) is 3.23. The van der Waals surface area contributed by atoms with Crippen molar-refractivity contribution >= 4 is 44.2 Å². The molecule has 1 atom stereocenters. The van der Waals surface area contributed by atoms with Gasteiger partial charge in [-0.05, 0) is 19.9 Å². The number of benzene rings is 1. The van der Waals surface area contributed by atoms with Gasteiger partial charge in [0.1, 0.15) is 5.54 Å². The van der Waals surface area contributed by atoms with Gasteiger partial charge in [-0.1, -0.05) is 34.1 Å². The van der Waals surface area contributed by atoms with Gasteiger partial charge in [0.05, 0.1) is 12.2 Å². The predicted octanol–water partition coefficient (Wildman–Crippen LogP) is 2.79. The Morgan fingerprint density at radius 1 is 1.26 bits per heavy atom. The summed E-state index contributed by atoms with van der Waals surface area (Å²) in [6.45, 7) is 3.43. The van der Waals surface area contributed by atoms with E-state index >= 15 is 0 Å². The summed E-state index contributed by atoms with van der Waals surface area (Å²) in [5.41, 5.74) is 0.436. The van der Waals surface area contributed by atoms with Crippen molar-refractivity contribution in [3.8, 4) is 0 Å². The largest absolute Gasteiger partial charge is 0.325 e. The lowest BCUT2D eigenvalue weighted by Gasteiger charge is -2.23. The minimum atomic E-state index is -1.18. The van der Waals surface area contributed by atoms with E-state index in [-0.39, 0.29) is 18.0 Å². The molecule has 0 bridgehead atoms. The summed E-state index contributed by atoms with van der Waals surface area (Å²) in [6, 6.07) is 8.10. The minimum absolute atomic E-state index is 0.0621. The summed E-state index contributed by atoms with van der Waals surface area (Å²) in [4.78, 5) is 44.0. The Balaban J connectivity index is 1.69. The van der Waals surface area contributed by atoms with Crippen LogP contribution in [0, 0.1) is 6.92 Å². The third-order valence-corrected chi connectivity index (χ3v) is 6.27. The summed E-state index contributed by atoms with van der Waals surface area (Å²) < 4.78 is 2.24. The molecule has 27 heavy (non-hydrogen) atoms. The summed E-state index contributed by atoms with van der Waals surface area (Å²) in [7, 11) is 0. The SMILES string of the molecule is Cc1csc2nc(CN3C(=O)NC(C)(c4ccccc4Br)C3=O)cc(=O)n12. The molecule has 1 fully saturated rings. The zero-order valence-electron chi connectivity index (χ0n) is 14.5. The normalized spacial score (nSPS) is 19.7. The second-order valence-electron chi connectivity index (χ2n) is 6.51. The van der Waals surface area contributed by atoms with E-state index in [1.807, 2.05) is 30.5 Å². The Hall–Kier alpha value is -2.52. The number of nitrogens with one attached hydrogen (secondary N) is 1. The lowest BCUT2D eigenvalue weighted by Crippen LogP contribution is -2.41. The van der Waals surface area contributed by atoms with Crippen molar-refractivity contribution in [2.75, 3.05) is 0 Å². The Morgan fingerprint density at radius 2 is 2.00 bits per heavy atom. The highest BCUT2D eigenvalue weighted by Gasteiger charge is 2.49. The van der Waals surface area contributed by atoms with Crippen LogP contribution < -0.4 is 10.9 Å². The molecule has 1 aromatic carbocycles. The molecule has 1 aliphatic rings. The summed E-state index contributed by atoms with van der Waals surface area (Å²) in [6.07, 6.45) is 0. The van der Waals surface area contributed by atoms with E-state index < -0.39 is 11.6 Å². The fourth-order valence-corrected chi connectivity index (χ4v) is 4.81. The van der Waals surface area contributed by atoms with Crippen molar-refractivity contribution in [1.82, 2.24) is 19.6 Å². The van der Waals surface area contributed by atoms with Gasteiger partial charge in [0, 0.05) is 27.2 Å². The van der Waals surface area contributed by atoms with Crippen molar-refractivity contribution < 1.29 is 9.59 Å². The molecule has 1 aliphatic heterocycles. The smallest absolute Gasteiger partial charge is 0.319 e. The van der Waals surface area contributed by atoms with E-state index in [9.17, 15) is 14.4 Å². The highest BCUT2D eigenvalue weighted by atomic mass is 79.9. The number of hydrogen-bond donors (Lipinski definition) is 1. The molecule has 7 nitrogen and oxygen atoms in total. The van der Waals surface area contributed by atoms with Gasteiger partial charge >= 0.3 is 6.03 Å². The molecule has 2 aromatic heterocycles. The number of imide groups is 1. The van der Waals surface area contributed by atoms with Crippen LogP contribution in [0.4, 0.5) is 4.79 Å². The number of rotatable bonds is 3. The second-order valence-corrected chi connectivity index (χ2v) is 8.20. The van der Waals surface area contributed by atoms with Gasteiger partial charge in [0.25, 0.3) is 11.5 Å². The van der Waals surface area contributed by atoms with Gasteiger partial charge in [0.15, 0.2) is 4.96 Å². The van der Waals surface area contributed by atoms with E-state index in [4.69, 9.17) is 0 Å². The lowest BCUT2D eigenvalue weighted by atomic mass is 9.92. The van der Waals surface area contributed by atoms with Gasteiger partial charge in [-0.15, -0.1) is 11.3 Å². The van der Waals surface area contributed by atoms with E-state index in [1.54, 1.807) is 13.0 Å². The Kier molecular flexibility index (Phi) is 4.15. The molecule has 0 spiro atoms. The topological polar surface area (TPSA) is 83.8 Å². The number of carbonyl (C=O) groups is 2. The van der Waals surface area contributed by atoms with Crippen LogP contribution >= 0.6 is 27.3 Å². The summed E-state index contributed by atoms with van der Waals surface area (Å²) >= 11 is 4.78. The van der Waals surface area contributed by atoms with Crippen molar-refractivity contribution in [1.29, 1.82) is 0 Å². The van der Waals surface area contributed by atoms with Gasteiger partial charge in [-0.2, -0.15) is 0 Å². The number of fused-ring (bicyclic) bond motifs is 1. The Labute approximate surface area is 166 Å². The maximum Gasteiger partial charge on any atom is 0.325 e. The molecule has 1 unspecified atom stereocenters. The van der Waals surface area contributed by atoms with E-state index in [0.29, 0.717) is 16.2 Å². The van der Waals surface area contributed by atoms with Crippen LogP contribution in [0.25, 0.3) is 4.96 Å². The zero-order valence-corrected chi connectivity index (χ0v) is 16.9. The number of aryl methyl sites for hydroxylation is 1. The number of hydrogen-bond acceptors (Lipinski definition) is 5. The molecule has 0 saturated carbocycles. The van der Waals surface area contributed by atoms with Gasteiger partial charge in [0.2, 0.25) is 0 Å². The quantitative estimate of drug-likeness (QED) is 0.626. The zero-order chi connectivity index (χ0) is 19.3. The van der Waals surface area contributed by atoms with Crippen LogP contribution in [0.3, 0.4) is 0 Å². The van der Waals surface area contributed by atoms with Crippen LogP contribution in [0.1, 0.15) is 23.9 Å². The molecule has 1 saturated heterocycles. The Morgan fingerprint density at radius 3 is 2.74 bits per heavy atom. The first-order valence-electron chi connectivity index (χ1n) is 8.17. The molecule has 0 radical (unpaired) electrons. The number of aromatic nitrogens is 2.